The van der Waals surface area contributed by atoms with Crippen LogP contribution in [0.3, 0.4) is 0 Å². The van der Waals surface area contributed by atoms with Crippen LogP contribution < -0.4 is 4.72 Å². The Balaban J connectivity index is 0.000000257. The van der Waals surface area contributed by atoms with Gasteiger partial charge in [-0.3, -0.25) is 0 Å². The highest BCUT2D eigenvalue weighted by Crippen LogP contribution is 2.14. The Kier molecular flexibility index (Phi) is 8.42. The predicted molar refractivity (Wildman–Crippen MR) is 94.8 cm³/mol. The van der Waals surface area contributed by atoms with Crippen molar-refractivity contribution in [3.05, 3.63) is 60.2 Å². The van der Waals surface area contributed by atoms with E-state index in [2.05, 4.69) is 20.7 Å². The van der Waals surface area contributed by atoms with Gasteiger partial charge in [-0.1, -0.05) is 15.9 Å². The molecule has 0 amide bonds. The summed E-state index contributed by atoms with van der Waals surface area (Å²) in [6, 6.07) is 8.98. The van der Waals surface area contributed by atoms with Crippen molar-refractivity contribution in [3.63, 3.8) is 0 Å². The first-order valence-corrected chi connectivity index (χ1v) is 11.5. The first-order valence-electron chi connectivity index (χ1n) is 6.57. The van der Waals surface area contributed by atoms with Crippen molar-refractivity contribution in [3.8, 4) is 0 Å². The topological polar surface area (TPSA) is 80.3 Å². The third-order valence-electron chi connectivity index (χ3n) is 2.61. The van der Waals surface area contributed by atoms with Crippen LogP contribution in [0.1, 0.15) is 0 Å². The maximum atomic E-state index is 12.5. The molecule has 0 radical (unpaired) electrons. The lowest BCUT2D eigenvalue weighted by atomic mass is 10.4. The minimum Gasteiger partial charge on any atom is -0.210 e. The molecule has 5 nitrogen and oxygen atoms in total. The minimum atomic E-state index is -3.71. The summed E-state index contributed by atoms with van der Waals surface area (Å²) in [5.41, 5.74) is 0. The highest BCUT2D eigenvalue weighted by Gasteiger charge is 2.12. The Morgan fingerprint density at radius 2 is 1.24 bits per heavy atom. The quantitative estimate of drug-likeness (QED) is 0.531. The van der Waals surface area contributed by atoms with E-state index in [1.54, 1.807) is 0 Å². The second kappa shape index (κ2) is 9.58. The Labute approximate surface area is 157 Å². The van der Waals surface area contributed by atoms with Gasteiger partial charge in [-0.25, -0.2) is 30.3 Å². The van der Waals surface area contributed by atoms with Crippen LogP contribution in [0.5, 0.6) is 0 Å². The third kappa shape index (κ3) is 7.78. The number of hydrogen-bond acceptors (Lipinski definition) is 4. The van der Waals surface area contributed by atoms with E-state index < -0.39 is 30.7 Å². The molecule has 0 atom stereocenters. The normalized spacial score (nSPS) is 11.5. The van der Waals surface area contributed by atoms with Gasteiger partial charge < -0.3 is 0 Å². The molecule has 0 aliphatic heterocycles. The second-order valence-corrected chi connectivity index (χ2v) is 9.56. The van der Waals surface area contributed by atoms with Crippen molar-refractivity contribution in [1.29, 1.82) is 0 Å². The van der Waals surface area contributed by atoms with Gasteiger partial charge >= 0.3 is 0 Å². The Hall–Kier alpha value is -1.07. The molecular formula is C14H13BrClF2NO4S2. The van der Waals surface area contributed by atoms with Crippen LogP contribution in [0.25, 0.3) is 0 Å². The second-order valence-electron chi connectivity index (χ2n) is 4.43. The maximum Gasteiger partial charge on any atom is 0.261 e. The molecule has 11 heteroatoms. The van der Waals surface area contributed by atoms with E-state index in [9.17, 15) is 25.6 Å². The zero-order chi connectivity index (χ0) is 19.1. The molecule has 138 valence electrons. The number of benzene rings is 2. The van der Waals surface area contributed by atoms with Gasteiger partial charge in [0.25, 0.3) is 9.05 Å². The van der Waals surface area contributed by atoms with Gasteiger partial charge in [0.15, 0.2) is 0 Å². The van der Waals surface area contributed by atoms with E-state index in [1.807, 2.05) is 0 Å². The zero-order valence-corrected chi connectivity index (χ0v) is 16.5. The highest BCUT2D eigenvalue weighted by molar-refractivity contribution is 9.09. The highest BCUT2D eigenvalue weighted by atomic mass is 79.9. The molecule has 25 heavy (non-hydrogen) atoms. The van der Waals surface area contributed by atoms with Crippen molar-refractivity contribution >= 4 is 45.7 Å². The molecular weight excluding hydrogens is 464 g/mol. The van der Waals surface area contributed by atoms with E-state index in [0.717, 1.165) is 36.4 Å². The summed E-state index contributed by atoms with van der Waals surface area (Å²) in [5, 5.41) is 0.535. The summed E-state index contributed by atoms with van der Waals surface area (Å²) in [7, 11) is -2.24. The lowest BCUT2D eigenvalue weighted by Gasteiger charge is -2.04. The average Bonchev–Trinajstić information content (AvgIpc) is 2.53. The van der Waals surface area contributed by atoms with Gasteiger partial charge in [0.1, 0.15) is 11.6 Å². The summed E-state index contributed by atoms with van der Waals surface area (Å²) >= 11 is 3.10. The molecule has 0 aromatic heterocycles. The number of hydrogen-bond donors (Lipinski definition) is 1. The Morgan fingerprint density at radius 3 is 1.60 bits per heavy atom. The van der Waals surface area contributed by atoms with Crippen LogP contribution in [-0.2, 0) is 19.1 Å². The molecule has 0 aliphatic carbocycles. The minimum absolute atomic E-state index is 0.0693. The van der Waals surface area contributed by atoms with Gasteiger partial charge in [0, 0.05) is 22.6 Å². The van der Waals surface area contributed by atoms with Gasteiger partial charge in [-0.2, -0.15) is 0 Å². The van der Waals surface area contributed by atoms with Crippen molar-refractivity contribution in [2.24, 2.45) is 0 Å². The first kappa shape index (κ1) is 22.0. The Bertz CT molecular complexity index is 889. The van der Waals surface area contributed by atoms with Crippen molar-refractivity contribution in [2.45, 2.75) is 9.79 Å². The molecule has 2 aromatic carbocycles. The fourth-order valence-corrected chi connectivity index (χ4v) is 3.73. The lowest BCUT2D eigenvalue weighted by molar-refractivity contribution is 0.583. The first-order chi connectivity index (χ1) is 11.6. The standard InChI is InChI=1S/C8H9BrFNO2S.C6H4ClFO2S/c9-5-6-11-14(12,13)8-3-1-7(10)2-4-8;7-11(9,10)6-3-1-5(8)2-4-6/h1-4,11H,5-6H2;1-4H. The van der Waals surface area contributed by atoms with Crippen molar-refractivity contribution in [2.75, 3.05) is 11.9 Å². The number of nitrogens with one attached hydrogen (secondary N) is 1. The number of halogens is 4. The van der Waals surface area contributed by atoms with Crippen LogP contribution in [0.15, 0.2) is 58.3 Å². The monoisotopic (exact) mass is 475 g/mol. The van der Waals surface area contributed by atoms with Crippen LogP contribution in [-0.4, -0.2) is 28.7 Å². The van der Waals surface area contributed by atoms with E-state index in [-0.39, 0.29) is 9.79 Å². The zero-order valence-electron chi connectivity index (χ0n) is 12.5. The van der Waals surface area contributed by atoms with Crippen molar-refractivity contribution < 1.29 is 25.6 Å². The molecule has 0 spiro atoms. The summed E-state index contributed by atoms with van der Waals surface area (Å²) in [6.07, 6.45) is 0. The summed E-state index contributed by atoms with van der Waals surface area (Å²) in [4.78, 5) is -0.0274. The maximum absolute atomic E-state index is 12.5. The van der Waals surface area contributed by atoms with Crippen LogP contribution >= 0.6 is 26.6 Å². The van der Waals surface area contributed by atoms with Crippen LogP contribution in [0.2, 0.25) is 0 Å². The van der Waals surface area contributed by atoms with Gasteiger partial charge in [-0.05, 0) is 48.5 Å². The predicted octanol–water partition coefficient (Wildman–Crippen LogP) is 3.25. The van der Waals surface area contributed by atoms with E-state index in [4.69, 9.17) is 10.7 Å². The molecule has 0 bridgehead atoms. The molecule has 0 unspecified atom stereocenters. The largest absolute Gasteiger partial charge is 0.261 e. The van der Waals surface area contributed by atoms with Crippen LogP contribution in [0.4, 0.5) is 8.78 Å². The van der Waals surface area contributed by atoms with E-state index in [1.165, 1.54) is 12.1 Å². The lowest BCUT2D eigenvalue weighted by Crippen LogP contribution is -2.25. The van der Waals surface area contributed by atoms with Crippen LogP contribution in [0, 0.1) is 11.6 Å². The molecule has 0 heterocycles. The smallest absolute Gasteiger partial charge is 0.210 e. The van der Waals surface area contributed by atoms with Gasteiger partial charge in [0.05, 0.1) is 9.79 Å². The number of alkyl halides is 1. The fraction of sp³-hybridized carbons (Fsp3) is 0.143. The summed E-state index contributed by atoms with van der Waals surface area (Å²) < 4.78 is 71.2. The van der Waals surface area contributed by atoms with Crippen molar-refractivity contribution in [1.82, 2.24) is 4.72 Å². The number of sulfonamides is 1. The van der Waals surface area contributed by atoms with E-state index >= 15 is 0 Å². The number of rotatable bonds is 5. The SMILES string of the molecule is O=S(=O)(Cl)c1ccc(F)cc1.O=S(=O)(NCCBr)c1ccc(F)cc1. The van der Waals surface area contributed by atoms with Gasteiger partial charge in [0.2, 0.25) is 10.0 Å². The molecule has 1 N–H and O–H groups in total. The molecule has 0 saturated heterocycles. The Morgan fingerprint density at radius 1 is 0.840 bits per heavy atom. The summed E-state index contributed by atoms with van der Waals surface area (Å²) in [6.45, 7) is 0.305. The molecule has 0 saturated carbocycles. The fourth-order valence-electron chi connectivity index (χ4n) is 1.47. The molecule has 2 rings (SSSR count). The third-order valence-corrected chi connectivity index (χ3v) is 5.85. The molecule has 0 aliphatic rings. The molecule has 2 aromatic rings. The summed E-state index contributed by atoms with van der Waals surface area (Å²) in [5.74, 6) is -0.946. The van der Waals surface area contributed by atoms with E-state index in [0.29, 0.717) is 11.9 Å². The average molecular weight is 477 g/mol. The van der Waals surface area contributed by atoms with Gasteiger partial charge in [-0.15, -0.1) is 0 Å². The molecule has 0 fully saturated rings.